The number of benzene rings is 1. The number of rotatable bonds is 2. The molecule has 0 aliphatic carbocycles. The number of nitrogens with zero attached hydrogens (tertiary/aromatic N) is 1. The van der Waals surface area contributed by atoms with Crippen LogP contribution in [-0.4, -0.2) is 48.0 Å². The molecule has 1 spiro atoms. The standard InChI is InChI=1S/C16H23NO3/c1-13-16(6-8-17(9-7-16)10-11-18)19-12-14-4-2-3-5-15(14)20-13/h2-5,13,18H,6-12H2,1H3. The molecule has 0 aromatic heterocycles. The van der Waals surface area contributed by atoms with Crippen LogP contribution in [0.1, 0.15) is 25.3 Å². The molecule has 1 N–H and O–H groups in total. The topological polar surface area (TPSA) is 41.9 Å². The minimum absolute atomic E-state index is 0.0578. The molecule has 20 heavy (non-hydrogen) atoms. The molecule has 1 fully saturated rings. The van der Waals surface area contributed by atoms with Crippen LogP contribution in [0, 0.1) is 0 Å². The largest absolute Gasteiger partial charge is 0.487 e. The van der Waals surface area contributed by atoms with E-state index in [1.165, 1.54) is 0 Å². The number of likely N-dealkylation sites (tertiary alicyclic amines) is 1. The zero-order chi connectivity index (χ0) is 14.0. The van der Waals surface area contributed by atoms with Gasteiger partial charge in [0.2, 0.25) is 0 Å². The second-order valence-electron chi connectivity index (χ2n) is 5.79. The van der Waals surface area contributed by atoms with E-state index in [1.54, 1.807) is 0 Å². The number of para-hydroxylation sites is 1. The molecule has 0 bridgehead atoms. The molecule has 2 aliphatic rings. The average Bonchev–Trinajstić information content (AvgIpc) is 2.60. The third kappa shape index (κ3) is 2.55. The lowest BCUT2D eigenvalue weighted by Crippen LogP contribution is -2.53. The molecule has 1 aromatic rings. The Hall–Kier alpha value is -1.10. The molecular weight excluding hydrogens is 254 g/mol. The van der Waals surface area contributed by atoms with Gasteiger partial charge in [0.1, 0.15) is 17.5 Å². The number of piperidine rings is 1. The Balaban J connectivity index is 1.73. The van der Waals surface area contributed by atoms with Gasteiger partial charge in [0, 0.05) is 25.2 Å². The molecule has 4 nitrogen and oxygen atoms in total. The monoisotopic (exact) mass is 277 g/mol. The van der Waals surface area contributed by atoms with Gasteiger partial charge in [-0.15, -0.1) is 0 Å². The highest BCUT2D eigenvalue weighted by atomic mass is 16.6. The first-order valence-corrected chi connectivity index (χ1v) is 7.45. The molecule has 1 unspecified atom stereocenters. The number of hydrogen-bond acceptors (Lipinski definition) is 4. The lowest BCUT2D eigenvalue weighted by Gasteiger charge is -2.43. The molecule has 2 aliphatic heterocycles. The van der Waals surface area contributed by atoms with Crippen molar-refractivity contribution in [2.75, 3.05) is 26.2 Å². The zero-order valence-electron chi connectivity index (χ0n) is 12.0. The first-order chi connectivity index (χ1) is 9.73. The van der Waals surface area contributed by atoms with Crippen LogP contribution < -0.4 is 4.74 Å². The van der Waals surface area contributed by atoms with E-state index >= 15 is 0 Å². The number of aliphatic hydroxyl groups is 1. The predicted octanol–water partition coefficient (Wildman–Crippen LogP) is 1.81. The summed E-state index contributed by atoms with van der Waals surface area (Å²) in [6, 6.07) is 8.13. The summed E-state index contributed by atoms with van der Waals surface area (Å²) in [4.78, 5) is 2.29. The van der Waals surface area contributed by atoms with Crippen molar-refractivity contribution in [3.05, 3.63) is 29.8 Å². The predicted molar refractivity (Wildman–Crippen MR) is 76.8 cm³/mol. The number of fused-ring (bicyclic) bond motifs is 1. The number of β-amino-alcohol motifs (C(OH)–C–C–N with tert-alkyl or cyclic N) is 1. The highest BCUT2D eigenvalue weighted by Gasteiger charge is 2.43. The molecular formula is C16H23NO3. The first kappa shape index (κ1) is 13.9. The van der Waals surface area contributed by atoms with Gasteiger partial charge in [-0.3, -0.25) is 0 Å². The summed E-state index contributed by atoms with van der Waals surface area (Å²) in [6.45, 7) is 5.65. The summed E-state index contributed by atoms with van der Waals surface area (Å²) in [6.07, 6.45) is 1.98. The number of hydrogen-bond donors (Lipinski definition) is 1. The van der Waals surface area contributed by atoms with Crippen LogP contribution in [0.4, 0.5) is 0 Å². The van der Waals surface area contributed by atoms with Gasteiger partial charge in [-0.1, -0.05) is 18.2 Å². The summed E-state index contributed by atoms with van der Waals surface area (Å²) in [5, 5.41) is 9.04. The van der Waals surface area contributed by atoms with Crippen LogP contribution in [0.5, 0.6) is 5.75 Å². The molecule has 1 aromatic carbocycles. The fourth-order valence-corrected chi connectivity index (χ4v) is 3.22. The van der Waals surface area contributed by atoms with E-state index in [0.29, 0.717) is 6.61 Å². The van der Waals surface area contributed by atoms with Crippen molar-refractivity contribution >= 4 is 0 Å². The second-order valence-corrected chi connectivity index (χ2v) is 5.79. The normalized spacial score (nSPS) is 25.8. The maximum atomic E-state index is 9.04. The van der Waals surface area contributed by atoms with Crippen molar-refractivity contribution in [3.63, 3.8) is 0 Å². The van der Waals surface area contributed by atoms with Crippen LogP contribution in [-0.2, 0) is 11.3 Å². The molecule has 2 heterocycles. The Morgan fingerprint density at radius 2 is 2.05 bits per heavy atom. The quantitative estimate of drug-likeness (QED) is 0.895. The third-order valence-corrected chi connectivity index (χ3v) is 4.65. The summed E-state index contributed by atoms with van der Waals surface area (Å²) < 4.78 is 12.4. The molecule has 0 radical (unpaired) electrons. The first-order valence-electron chi connectivity index (χ1n) is 7.45. The Morgan fingerprint density at radius 1 is 1.30 bits per heavy atom. The minimum Gasteiger partial charge on any atom is -0.487 e. The van der Waals surface area contributed by atoms with Crippen molar-refractivity contribution in [2.24, 2.45) is 0 Å². The molecule has 3 rings (SSSR count). The van der Waals surface area contributed by atoms with Gasteiger partial charge in [-0.25, -0.2) is 0 Å². The second kappa shape index (κ2) is 5.72. The van der Waals surface area contributed by atoms with E-state index in [1.807, 2.05) is 18.2 Å². The van der Waals surface area contributed by atoms with Crippen molar-refractivity contribution in [1.29, 1.82) is 0 Å². The third-order valence-electron chi connectivity index (χ3n) is 4.65. The highest BCUT2D eigenvalue weighted by molar-refractivity contribution is 5.34. The summed E-state index contributed by atoms with van der Waals surface area (Å²) >= 11 is 0. The van der Waals surface area contributed by atoms with Crippen LogP contribution in [0.2, 0.25) is 0 Å². The lowest BCUT2D eigenvalue weighted by atomic mass is 9.86. The smallest absolute Gasteiger partial charge is 0.125 e. The van der Waals surface area contributed by atoms with E-state index < -0.39 is 0 Å². The Labute approximate surface area is 120 Å². The maximum absolute atomic E-state index is 9.04. The highest BCUT2D eigenvalue weighted by Crippen LogP contribution is 2.37. The maximum Gasteiger partial charge on any atom is 0.125 e. The van der Waals surface area contributed by atoms with Gasteiger partial charge in [0.15, 0.2) is 0 Å². The van der Waals surface area contributed by atoms with Crippen molar-refractivity contribution < 1.29 is 14.6 Å². The minimum atomic E-state index is -0.190. The molecule has 110 valence electrons. The van der Waals surface area contributed by atoms with Crippen molar-refractivity contribution in [3.8, 4) is 5.75 Å². The van der Waals surface area contributed by atoms with Crippen LogP contribution >= 0.6 is 0 Å². The van der Waals surface area contributed by atoms with Gasteiger partial charge >= 0.3 is 0 Å². The van der Waals surface area contributed by atoms with Crippen molar-refractivity contribution in [1.82, 2.24) is 4.90 Å². The summed E-state index contributed by atoms with van der Waals surface area (Å²) in [5.74, 6) is 0.953. The Bertz CT molecular complexity index is 455. The molecule has 1 atom stereocenters. The summed E-state index contributed by atoms with van der Waals surface area (Å²) in [5.41, 5.74) is 0.944. The van der Waals surface area contributed by atoms with Gasteiger partial charge in [0.25, 0.3) is 0 Å². The molecule has 0 amide bonds. The fraction of sp³-hybridized carbons (Fsp3) is 0.625. The van der Waals surface area contributed by atoms with Gasteiger partial charge in [-0.2, -0.15) is 0 Å². The van der Waals surface area contributed by atoms with E-state index in [9.17, 15) is 0 Å². The van der Waals surface area contributed by atoms with Crippen molar-refractivity contribution in [2.45, 2.75) is 38.1 Å². The van der Waals surface area contributed by atoms with E-state index in [0.717, 1.165) is 43.8 Å². The van der Waals surface area contributed by atoms with E-state index in [4.69, 9.17) is 14.6 Å². The molecule has 4 heteroatoms. The lowest BCUT2D eigenvalue weighted by molar-refractivity contribution is -0.136. The zero-order valence-corrected chi connectivity index (χ0v) is 12.0. The number of aliphatic hydroxyl groups excluding tert-OH is 1. The van der Waals surface area contributed by atoms with Gasteiger partial charge in [0.05, 0.1) is 13.2 Å². The van der Waals surface area contributed by atoms with Crippen LogP contribution in [0.3, 0.4) is 0 Å². The molecule has 0 saturated carbocycles. The Kier molecular flexibility index (Phi) is 3.96. The molecule has 1 saturated heterocycles. The van der Waals surface area contributed by atoms with E-state index in [2.05, 4.69) is 17.9 Å². The van der Waals surface area contributed by atoms with Crippen LogP contribution in [0.15, 0.2) is 24.3 Å². The SMILES string of the molecule is CC1Oc2ccccc2COC12CCN(CCO)CC2. The average molecular weight is 277 g/mol. The van der Waals surface area contributed by atoms with Gasteiger partial charge < -0.3 is 19.5 Å². The van der Waals surface area contributed by atoms with Gasteiger partial charge in [-0.05, 0) is 25.8 Å². The van der Waals surface area contributed by atoms with E-state index in [-0.39, 0.29) is 18.3 Å². The Morgan fingerprint density at radius 3 is 2.80 bits per heavy atom. The fourth-order valence-electron chi connectivity index (χ4n) is 3.22. The number of ether oxygens (including phenoxy) is 2. The van der Waals surface area contributed by atoms with Crippen LogP contribution in [0.25, 0.3) is 0 Å². The summed E-state index contributed by atoms with van der Waals surface area (Å²) in [7, 11) is 0.